The molecule has 72 heavy (non-hydrogen) atoms. The Morgan fingerprint density at radius 2 is 0.528 bits per heavy atom. The first-order valence-corrected chi connectivity index (χ1v) is 30.3. The first-order valence-electron chi connectivity index (χ1n) is 23.7. The minimum Gasteiger partial charge on any atom is -0.288 e. The van der Waals surface area contributed by atoms with Crippen molar-refractivity contribution in [3.8, 4) is 0 Å². The predicted molar refractivity (Wildman–Crippen MR) is 310 cm³/mol. The van der Waals surface area contributed by atoms with Gasteiger partial charge in [0.25, 0.3) is 0 Å². The normalized spacial score (nSPS) is 13.6. The first-order chi connectivity index (χ1) is 33.9. The van der Waals surface area contributed by atoms with Crippen LogP contribution in [0.3, 0.4) is 0 Å². The molecule has 0 saturated carbocycles. The number of carbonyl (C=O) groups excluding carboxylic acids is 2. The topological polar surface area (TPSA) is 85.7 Å². The molecule has 6 nitrogen and oxygen atoms in total. The van der Waals surface area contributed by atoms with Crippen LogP contribution in [0.2, 0.25) is 0 Å². The van der Waals surface area contributed by atoms with E-state index in [2.05, 4.69) is 156 Å². The second kappa shape index (κ2) is 18.2. The molecule has 0 fully saturated rings. The van der Waals surface area contributed by atoms with Crippen LogP contribution in [0.15, 0.2) is 134 Å². The maximum absolute atomic E-state index is 16.0. The molecule has 0 amide bonds. The molecule has 14 heteroatoms. The Kier molecular flexibility index (Phi) is 12.6. The van der Waals surface area contributed by atoms with Gasteiger partial charge in [0.2, 0.25) is 0 Å². The molecule has 4 heterocycles. The summed E-state index contributed by atoms with van der Waals surface area (Å²) in [5.74, 6) is -0.389. The van der Waals surface area contributed by atoms with Crippen LogP contribution < -0.4 is 0 Å². The van der Waals surface area contributed by atoms with Gasteiger partial charge in [-0.3, -0.25) is 9.59 Å². The van der Waals surface area contributed by atoms with Crippen LogP contribution in [0.5, 0.6) is 0 Å². The molecule has 1 aliphatic carbocycles. The van der Waals surface area contributed by atoms with Gasteiger partial charge in [-0.25, -0.2) is 19.9 Å². The monoisotopic (exact) mass is 1090 g/mol. The van der Waals surface area contributed by atoms with Crippen molar-refractivity contribution >= 4 is 145 Å². The fraction of sp³-hybridized carbons (Fsp3) is 0.276. The highest BCUT2D eigenvalue weighted by molar-refractivity contribution is 8.02. The summed E-state index contributed by atoms with van der Waals surface area (Å²) in [6, 6.07) is 33.8. The standard InChI is InChI=1S/C58H52N4O2S8/c1-55(2,3)29-13-17-33-41(25-29)69-51(59-33)65-37-21-22-38(66-52-60-34-18-14-30(56(4,5)6)26-42(34)70-52)46-45(37)49(63)47-39(67-53-61-35-19-15-31(57(7,8)9)27-43(35)71-53)23-24-40(48(47)50(46)64)68-54-62-36-20-16-32(58(10,11)12)28-44(36)72-54/h13-28H,1-12H3. The van der Waals surface area contributed by atoms with Gasteiger partial charge in [0.15, 0.2) is 28.9 Å². The number of fused-ring (bicyclic) bond motifs is 6. The van der Waals surface area contributed by atoms with Crippen LogP contribution in [0.1, 0.15) is 137 Å². The number of thiazole rings is 4. The van der Waals surface area contributed by atoms with Gasteiger partial charge in [-0.15, -0.1) is 45.3 Å². The molecule has 364 valence electrons. The summed E-state index contributed by atoms with van der Waals surface area (Å²) in [4.78, 5) is 55.1. The zero-order valence-electron chi connectivity index (χ0n) is 42.1. The van der Waals surface area contributed by atoms with Crippen molar-refractivity contribution in [1.29, 1.82) is 0 Å². The number of hydrogen-bond donors (Lipinski definition) is 0. The fourth-order valence-electron chi connectivity index (χ4n) is 8.65. The molecule has 0 saturated heterocycles. The molecule has 6 aromatic carbocycles. The summed E-state index contributed by atoms with van der Waals surface area (Å²) in [7, 11) is 0. The van der Waals surface area contributed by atoms with Crippen LogP contribution in [0, 0.1) is 0 Å². The first kappa shape index (κ1) is 49.8. The largest absolute Gasteiger partial charge is 0.288 e. The Labute approximate surface area is 453 Å². The minimum atomic E-state index is -0.194. The van der Waals surface area contributed by atoms with Crippen molar-refractivity contribution in [3.05, 3.63) is 142 Å². The van der Waals surface area contributed by atoms with E-state index in [0.717, 1.165) is 58.2 Å². The van der Waals surface area contributed by atoms with E-state index in [1.807, 2.05) is 24.3 Å². The lowest BCUT2D eigenvalue weighted by molar-refractivity contribution is 0.0970. The lowest BCUT2D eigenvalue weighted by atomic mass is 9.84. The lowest BCUT2D eigenvalue weighted by Gasteiger charge is -2.25. The highest BCUT2D eigenvalue weighted by atomic mass is 32.2. The molecule has 0 unspecified atom stereocenters. The van der Waals surface area contributed by atoms with Gasteiger partial charge >= 0.3 is 0 Å². The summed E-state index contributed by atoms with van der Waals surface area (Å²) in [6.45, 7) is 26.6. The lowest BCUT2D eigenvalue weighted by Crippen LogP contribution is -2.24. The molecule has 1 aliphatic rings. The van der Waals surface area contributed by atoms with Gasteiger partial charge in [0.1, 0.15) is 0 Å². The molecule has 0 bridgehead atoms. The van der Waals surface area contributed by atoms with Crippen LogP contribution in [-0.2, 0) is 21.7 Å². The van der Waals surface area contributed by atoms with E-state index >= 15 is 9.59 Å². The second-order valence-corrected chi connectivity index (χ2v) is 31.6. The maximum Gasteiger partial charge on any atom is 0.196 e. The molecular formula is C58H52N4O2S8. The molecular weight excluding hydrogens is 1040 g/mol. The number of nitrogens with zero attached hydrogens (tertiary/aromatic N) is 4. The van der Waals surface area contributed by atoms with Crippen molar-refractivity contribution in [3.63, 3.8) is 0 Å². The zero-order valence-corrected chi connectivity index (χ0v) is 48.6. The molecule has 0 radical (unpaired) electrons. The molecule has 4 aromatic heterocycles. The summed E-state index contributed by atoms with van der Waals surface area (Å²) in [6.07, 6.45) is 0. The average molecular weight is 1090 g/mol. The van der Waals surface area contributed by atoms with E-state index in [1.54, 1.807) is 45.3 Å². The quantitative estimate of drug-likeness (QED) is 0.147. The van der Waals surface area contributed by atoms with E-state index in [0.29, 0.717) is 41.8 Å². The Hall–Kier alpha value is -4.38. The van der Waals surface area contributed by atoms with Gasteiger partial charge in [-0.2, -0.15) is 0 Å². The highest BCUT2D eigenvalue weighted by Crippen LogP contribution is 2.51. The Balaban J connectivity index is 1.07. The Morgan fingerprint density at radius 3 is 0.722 bits per heavy atom. The van der Waals surface area contributed by atoms with Crippen LogP contribution in [0.25, 0.3) is 40.9 Å². The minimum absolute atomic E-state index is 0.0210. The molecule has 10 aromatic rings. The molecule has 11 rings (SSSR count). The van der Waals surface area contributed by atoms with E-state index in [-0.39, 0.29) is 33.2 Å². The van der Waals surface area contributed by atoms with Gasteiger partial charge in [-0.05, 0) is 117 Å². The number of rotatable bonds is 8. The van der Waals surface area contributed by atoms with Gasteiger partial charge in [0, 0.05) is 41.8 Å². The van der Waals surface area contributed by atoms with E-state index < -0.39 is 0 Å². The number of aromatic nitrogens is 4. The third-order valence-corrected chi connectivity index (χ3v) is 21.4. The van der Waals surface area contributed by atoms with Crippen molar-refractivity contribution in [2.24, 2.45) is 0 Å². The zero-order chi connectivity index (χ0) is 50.8. The summed E-state index contributed by atoms with van der Waals surface area (Å²) in [5, 5.41) is 0. The van der Waals surface area contributed by atoms with Gasteiger partial charge in [-0.1, -0.05) is 154 Å². The summed E-state index contributed by atoms with van der Waals surface area (Å²) < 4.78 is 7.55. The molecule has 0 aliphatic heterocycles. The van der Waals surface area contributed by atoms with Crippen LogP contribution in [-0.4, -0.2) is 31.5 Å². The SMILES string of the molecule is CC(C)(C)c1ccc2nc(Sc3ccc(Sc4nc5ccc(C(C)(C)C)cc5s4)c4c3C(=O)c3c(Sc5nc6ccc(C(C)(C)C)cc6s5)ccc(Sc5nc6ccc(C(C)(C)C)cc6s5)c3C4=O)sc2c1. The fourth-order valence-corrected chi connectivity index (χ4v) is 17.5. The van der Waals surface area contributed by atoms with Gasteiger partial charge < -0.3 is 0 Å². The third kappa shape index (κ3) is 9.52. The highest BCUT2D eigenvalue weighted by Gasteiger charge is 2.39. The Morgan fingerprint density at radius 1 is 0.319 bits per heavy atom. The van der Waals surface area contributed by atoms with Crippen molar-refractivity contribution in [2.45, 2.75) is 142 Å². The summed E-state index contributed by atoms with van der Waals surface area (Å²) in [5.41, 5.74) is 10.1. The molecule has 0 N–H and O–H groups in total. The van der Waals surface area contributed by atoms with Crippen molar-refractivity contribution in [1.82, 2.24) is 19.9 Å². The number of hydrogen-bond acceptors (Lipinski definition) is 14. The van der Waals surface area contributed by atoms with Gasteiger partial charge in [0.05, 0.1) is 40.9 Å². The van der Waals surface area contributed by atoms with Crippen molar-refractivity contribution in [2.75, 3.05) is 0 Å². The number of carbonyl (C=O) groups is 2. The summed E-state index contributed by atoms with van der Waals surface area (Å²) >= 11 is 12.3. The van der Waals surface area contributed by atoms with Crippen LogP contribution >= 0.6 is 92.4 Å². The van der Waals surface area contributed by atoms with E-state index in [1.165, 1.54) is 69.3 Å². The Bertz CT molecular complexity index is 3370. The smallest absolute Gasteiger partial charge is 0.196 e. The molecule has 0 atom stereocenters. The van der Waals surface area contributed by atoms with Crippen LogP contribution in [0.4, 0.5) is 0 Å². The maximum atomic E-state index is 16.0. The predicted octanol–water partition coefficient (Wildman–Crippen LogP) is 18.7. The number of benzene rings is 6. The van der Waals surface area contributed by atoms with E-state index in [4.69, 9.17) is 19.9 Å². The third-order valence-electron chi connectivity index (χ3n) is 12.9. The second-order valence-electron chi connectivity index (χ2n) is 22.3. The van der Waals surface area contributed by atoms with E-state index in [9.17, 15) is 0 Å². The average Bonchev–Trinajstić information content (AvgIpc) is 4.10. The van der Waals surface area contributed by atoms with Crippen molar-refractivity contribution < 1.29 is 9.59 Å². The molecule has 0 spiro atoms. The number of ketones is 2.